The Morgan fingerprint density at radius 3 is 2.43 bits per heavy atom. The number of benzene rings is 2. The molecular formula is C20H20F2O. The summed E-state index contributed by atoms with van der Waals surface area (Å²) < 4.78 is 28.4. The molecule has 0 aliphatic heterocycles. The third kappa shape index (κ3) is 2.80. The molecule has 1 saturated carbocycles. The highest BCUT2D eigenvalue weighted by molar-refractivity contribution is 5.94. The van der Waals surface area contributed by atoms with Crippen LogP contribution in [0, 0.1) is 18.6 Å². The average molecular weight is 314 g/mol. The van der Waals surface area contributed by atoms with Crippen molar-refractivity contribution in [3.8, 4) is 0 Å². The highest BCUT2D eigenvalue weighted by atomic mass is 19.1. The summed E-state index contributed by atoms with van der Waals surface area (Å²) in [5.74, 6) is -1.03. The lowest BCUT2D eigenvalue weighted by atomic mass is 9.68. The topological polar surface area (TPSA) is 17.1 Å². The molecule has 3 heteroatoms. The van der Waals surface area contributed by atoms with E-state index in [4.69, 9.17) is 0 Å². The van der Waals surface area contributed by atoms with Gasteiger partial charge in [-0.1, -0.05) is 42.7 Å². The van der Waals surface area contributed by atoms with Crippen LogP contribution in [0.3, 0.4) is 0 Å². The first-order chi connectivity index (χ1) is 11.0. The van der Waals surface area contributed by atoms with Gasteiger partial charge in [0.2, 0.25) is 0 Å². The number of ketones is 1. The van der Waals surface area contributed by atoms with Gasteiger partial charge in [-0.2, -0.15) is 0 Å². The molecule has 2 aromatic rings. The first kappa shape index (κ1) is 15.9. The molecule has 0 bridgehead atoms. The van der Waals surface area contributed by atoms with E-state index in [1.54, 1.807) is 0 Å². The van der Waals surface area contributed by atoms with Gasteiger partial charge in [0.15, 0.2) is 0 Å². The van der Waals surface area contributed by atoms with Crippen molar-refractivity contribution in [1.82, 2.24) is 0 Å². The molecule has 0 heterocycles. The van der Waals surface area contributed by atoms with E-state index in [2.05, 4.69) is 0 Å². The van der Waals surface area contributed by atoms with Crippen LogP contribution in [0.15, 0.2) is 42.5 Å². The lowest BCUT2D eigenvalue weighted by Crippen LogP contribution is -2.37. The zero-order chi connectivity index (χ0) is 16.4. The van der Waals surface area contributed by atoms with Gasteiger partial charge >= 0.3 is 0 Å². The maximum absolute atomic E-state index is 14.6. The zero-order valence-electron chi connectivity index (χ0n) is 13.2. The van der Waals surface area contributed by atoms with Crippen LogP contribution in [-0.2, 0) is 10.2 Å². The summed E-state index contributed by atoms with van der Waals surface area (Å²) in [6.45, 7) is 1.97. The number of rotatable bonds is 2. The Hall–Kier alpha value is -2.03. The summed E-state index contributed by atoms with van der Waals surface area (Å²) >= 11 is 0. The predicted octanol–water partition coefficient (Wildman–Crippen LogP) is 5.09. The van der Waals surface area contributed by atoms with Crippen molar-refractivity contribution in [2.45, 2.75) is 44.4 Å². The lowest BCUT2D eigenvalue weighted by Gasteiger charge is -2.33. The van der Waals surface area contributed by atoms with Crippen LogP contribution in [0.1, 0.15) is 48.8 Å². The molecule has 1 aliphatic rings. The molecule has 1 aliphatic carbocycles. The van der Waals surface area contributed by atoms with Crippen LogP contribution < -0.4 is 0 Å². The minimum Gasteiger partial charge on any atom is -0.298 e. The summed E-state index contributed by atoms with van der Waals surface area (Å²) in [4.78, 5) is 13.0. The maximum Gasteiger partial charge on any atom is 0.147 e. The smallest absolute Gasteiger partial charge is 0.147 e. The molecular weight excluding hydrogens is 294 g/mol. The van der Waals surface area contributed by atoms with Gasteiger partial charge in [-0.25, -0.2) is 8.78 Å². The van der Waals surface area contributed by atoms with Crippen LogP contribution >= 0.6 is 0 Å². The molecule has 1 atom stereocenters. The average Bonchev–Trinajstić information content (AvgIpc) is 2.73. The molecule has 0 N–H and O–H groups in total. The van der Waals surface area contributed by atoms with E-state index in [0.717, 1.165) is 42.5 Å². The fourth-order valence-corrected chi connectivity index (χ4v) is 3.61. The van der Waals surface area contributed by atoms with Gasteiger partial charge in [0.25, 0.3) is 0 Å². The zero-order valence-corrected chi connectivity index (χ0v) is 13.2. The van der Waals surface area contributed by atoms with E-state index >= 15 is 0 Å². The van der Waals surface area contributed by atoms with E-state index in [9.17, 15) is 13.6 Å². The Labute approximate surface area is 135 Å². The second kappa shape index (κ2) is 6.23. The van der Waals surface area contributed by atoms with Crippen LogP contribution in [-0.4, -0.2) is 5.78 Å². The van der Waals surface area contributed by atoms with Crippen molar-refractivity contribution in [2.75, 3.05) is 0 Å². The molecule has 0 saturated heterocycles. The molecule has 3 rings (SSSR count). The predicted molar refractivity (Wildman–Crippen MR) is 86.4 cm³/mol. The van der Waals surface area contributed by atoms with Crippen molar-refractivity contribution in [3.05, 3.63) is 70.8 Å². The summed E-state index contributed by atoms with van der Waals surface area (Å²) in [6.07, 6.45) is 3.51. The normalized spacial score (nSPS) is 22.0. The Kier molecular flexibility index (Phi) is 4.29. The number of aryl methyl sites for hydroxylation is 1. The van der Waals surface area contributed by atoms with Gasteiger partial charge in [-0.15, -0.1) is 0 Å². The fraction of sp³-hybridized carbons (Fsp3) is 0.350. The molecule has 1 unspecified atom stereocenters. The van der Waals surface area contributed by atoms with Crippen LogP contribution in [0.25, 0.3) is 0 Å². The molecule has 2 aromatic carbocycles. The fourth-order valence-electron chi connectivity index (χ4n) is 3.61. The van der Waals surface area contributed by atoms with Crippen molar-refractivity contribution in [1.29, 1.82) is 0 Å². The van der Waals surface area contributed by atoms with Crippen LogP contribution in [0.5, 0.6) is 0 Å². The van der Waals surface area contributed by atoms with Gasteiger partial charge in [-0.3, -0.25) is 4.79 Å². The van der Waals surface area contributed by atoms with Crippen molar-refractivity contribution in [2.24, 2.45) is 0 Å². The molecule has 1 nitrogen and oxygen atoms in total. The standard InChI is InChI=1S/C20H20F2O/c1-14-6-8-15(9-7-14)20(12-4-2-3-5-19(20)23)17-13-16(21)10-11-18(17)22/h6-11,13H,2-5,12H2,1H3. The summed E-state index contributed by atoms with van der Waals surface area (Å²) in [7, 11) is 0. The molecule has 0 radical (unpaired) electrons. The SMILES string of the molecule is Cc1ccc(C2(c3cc(F)ccc3F)CCCCCC2=O)cc1. The number of halogens is 2. The van der Waals surface area contributed by atoms with Gasteiger partial charge in [0, 0.05) is 12.0 Å². The van der Waals surface area contributed by atoms with Gasteiger partial charge in [0.1, 0.15) is 17.4 Å². The van der Waals surface area contributed by atoms with Gasteiger partial charge in [-0.05, 0) is 43.5 Å². The second-order valence-corrected chi connectivity index (χ2v) is 6.38. The Morgan fingerprint density at radius 2 is 1.70 bits per heavy atom. The number of hydrogen-bond donors (Lipinski definition) is 0. The summed E-state index contributed by atoms with van der Waals surface area (Å²) in [5.41, 5.74) is 0.938. The number of carbonyl (C=O) groups excluding carboxylic acids is 1. The second-order valence-electron chi connectivity index (χ2n) is 6.38. The lowest BCUT2D eigenvalue weighted by molar-refractivity contribution is -0.123. The van der Waals surface area contributed by atoms with Gasteiger partial charge < -0.3 is 0 Å². The number of hydrogen-bond acceptors (Lipinski definition) is 1. The summed E-state index contributed by atoms with van der Waals surface area (Å²) in [5, 5.41) is 0. The third-order valence-corrected chi connectivity index (χ3v) is 4.86. The number of carbonyl (C=O) groups is 1. The first-order valence-electron chi connectivity index (χ1n) is 8.10. The quantitative estimate of drug-likeness (QED) is 0.705. The van der Waals surface area contributed by atoms with Crippen molar-refractivity contribution >= 4 is 5.78 Å². The highest BCUT2D eigenvalue weighted by Gasteiger charge is 2.43. The molecule has 1 fully saturated rings. The number of Topliss-reactive ketones (excluding diaryl/α,β-unsaturated/α-hetero) is 1. The van der Waals surface area contributed by atoms with E-state index < -0.39 is 17.0 Å². The Morgan fingerprint density at radius 1 is 0.957 bits per heavy atom. The minimum absolute atomic E-state index is 0.0108. The van der Waals surface area contributed by atoms with E-state index in [0.29, 0.717) is 12.8 Å². The van der Waals surface area contributed by atoms with E-state index in [1.807, 2.05) is 31.2 Å². The maximum atomic E-state index is 14.6. The molecule has 23 heavy (non-hydrogen) atoms. The molecule has 120 valence electrons. The summed E-state index contributed by atoms with van der Waals surface area (Å²) in [6, 6.07) is 11.0. The Bertz CT molecular complexity index is 721. The third-order valence-electron chi connectivity index (χ3n) is 4.86. The highest BCUT2D eigenvalue weighted by Crippen LogP contribution is 2.43. The molecule has 0 spiro atoms. The monoisotopic (exact) mass is 314 g/mol. The molecule has 0 aromatic heterocycles. The van der Waals surface area contributed by atoms with E-state index in [1.165, 1.54) is 6.07 Å². The largest absolute Gasteiger partial charge is 0.298 e. The van der Waals surface area contributed by atoms with Gasteiger partial charge in [0.05, 0.1) is 5.41 Å². The van der Waals surface area contributed by atoms with Crippen LogP contribution in [0.4, 0.5) is 8.78 Å². The van der Waals surface area contributed by atoms with E-state index in [-0.39, 0.29) is 11.3 Å². The minimum atomic E-state index is -1.07. The van der Waals surface area contributed by atoms with Crippen molar-refractivity contribution in [3.63, 3.8) is 0 Å². The Balaban J connectivity index is 2.26. The molecule has 0 amide bonds. The van der Waals surface area contributed by atoms with Crippen LogP contribution in [0.2, 0.25) is 0 Å². The first-order valence-corrected chi connectivity index (χ1v) is 8.10. The van der Waals surface area contributed by atoms with Crippen molar-refractivity contribution < 1.29 is 13.6 Å².